The third kappa shape index (κ3) is 4.65. The molecule has 0 saturated heterocycles. The van der Waals surface area contributed by atoms with Gasteiger partial charge in [0.25, 0.3) is 5.69 Å². The fraction of sp³-hybridized carbons (Fsp3) is 0.500. The summed E-state index contributed by atoms with van der Waals surface area (Å²) in [6.45, 7) is 6.43. The summed E-state index contributed by atoms with van der Waals surface area (Å²) in [5.74, 6) is 0.0501. The number of carbonyl (C=O) groups excluding carboxylic acids is 1. The van der Waals surface area contributed by atoms with Gasteiger partial charge in [-0.3, -0.25) is 14.9 Å². The van der Waals surface area contributed by atoms with Crippen LogP contribution in [-0.2, 0) is 0 Å². The van der Waals surface area contributed by atoms with Crippen LogP contribution >= 0.6 is 0 Å². The standard InChI is InChI=1S/C14H19NO3/c1-14(2,3)10-4-5-13(16)11-6-8-12(9-7-11)15(17)18/h6-9H,4-5,10H2,1-3H3. The normalized spacial score (nSPS) is 11.3. The average molecular weight is 249 g/mol. The fourth-order valence-corrected chi connectivity index (χ4v) is 1.69. The van der Waals surface area contributed by atoms with Gasteiger partial charge in [-0.2, -0.15) is 0 Å². The molecule has 98 valence electrons. The monoisotopic (exact) mass is 249 g/mol. The molecule has 0 N–H and O–H groups in total. The molecule has 4 heteroatoms. The van der Waals surface area contributed by atoms with E-state index in [2.05, 4.69) is 20.8 Å². The average Bonchev–Trinajstić information content (AvgIpc) is 2.27. The van der Waals surface area contributed by atoms with E-state index in [1.807, 2.05) is 0 Å². The minimum atomic E-state index is -0.464. The second-order valence-electron chi connectivity index (χ2n) is 5.64. The number of hydrogen-bond acceptors (Lipinski definition) is 3. The lowest BCUT2D eigenvalue weighted by Gasteiger charge is -2.17. The summed E-state index contributed by atoms with van der Waals surface area (Å²) in [7, 11) is 0. The highest BCUT2D eigenvalue weighted by atomic mass is 16.6. The highest BCUT2D eigenvalue weighted by Crippen LogP contribution is 2.22. The van der Waals surface area contributed by atoms with Gasteiger partial charge in [0.2, 0.25) is 0 Å². The van der Waals surface area contributed by atoms with Gasteiger partial charge in [-0.1, -0.05) is 20.8 Å². The number of rotatable bonds is 5. The molecule has 1 rings (SSSR count). The largest absolute Gasteiger partial charge is 0.294 e. The lowest BCUT2D eigenvalue weighted by Crippen LogP contribution is -2.06. The van der Waals surface area contributed by atoms with E-state index in [4.69, 9.17) is 0 Å². The van der Waals surface area contributed by atoms with Crippen molar-refractivity contribution >= 4 is 11.5 Å². The lowest BCUT2D eigenvalue weighted by atomic mass is 9.89. The summed E-state index contributed by atoms with van der Waals surface area (Å²) in [5.41, 5.74) is 0.797. The molecule has 0 radical (unpaired) electrons. The summed E-state index contributed by atoms with van der Waals surface area (Å²) in [6.07, 6.45) is 2.33. The number of benzene rings is 1. The van der Waals surface area contributed by atoms with E-state index in [0.29, 0.717) is 12.0 Å². The number of ketones is 1. The van der Waals surface area contributed by atoms with Crippen LogP contribution < -0.4 is 0 Å². The molecule has 4 nitrogen and oxygen atoms in total. The van der Waals surface area contributed by atoms with E-state index in [0.717, 1.165) is 12.8 Å². The fourth-order valence-electron chi connectivity index (χ4n) is 1.69. The van der Waals surface area contributed by atoms with Gasteiger partial charge in [-0.25, -0.2) is 0 Å². The first-order valence-corrected chi connectivity index (χ1v) is 6.07. The number of hydrogen-bond donors (Lipinski definition) is 0. The molecule has 0 saturated carbocycles. The minimum Gasteiger partial charge on any atom is -0.294 e. The molecule has 0 fully saturated rings. The summed E-state index contributed by atoms with van der Waals surface area (Å²) in [5, 5.41) is 10.5. The molecule has 0 aliphatic heterocycles. The Morgan fingerprint density at radius 2 is 1.78 bits per heavy atom. The lowest BCUT2D eigenvalue weighted by molar-refractivity contribution is -0.384. The minimum absolute atomic E-state index is 0.0150. The number of nitro benzene ring substituents is 1. The Morgan fingerprint density at radius 3 is 2.22 bits per heavy atom. The molecule has 1 aromatic rings. The first kappa shape index (κ1) is 14.4. The molecule has 0 heterocycles. The zero-order valence-electron chi connectivity index (χ0n) is 11.1. The van der Waals surface area contributed by atoms with Crippen LogP contribution in [0.5, 0.6) is 0 Å². The molecule has 0 aliphatic carbocycles. The number of nitro groups is 1. The maximum absolute atomic E-state index is 11.8. The Kier molecular flexibility index (Phi) is 4.59. The van der Waals surface area contributed by atoms with Crippen LogP contribution in [0.2, 0.25) is 0 Å². The number of carbonyl (C=O) groups is 1. The van der Waals surface area contributed by atoms with Crippen molar-refractivity contribution in [3.05, 3.63) is 39.9 Å². The van der Waals surface area contributed by atoms with Crippen LogP contribution in [0.1, 0.15) is 50.4 Å². The van der Waals surface area contributed by atoms with E-state index < -0.39 is 4.92 Å². The van der Waals surface area contributed by atoms with E-state index >= 15 is 0 Å². The van der Waals surface area contributed by atoms with Crippen LogP contribution in [0.4, 0.5) is 5.69 Å². The Balaban J connectivity index is 2.54. The molecule has 0 amide bonds. The Bertz CT molecular complexity index is 429. The summed E-state index contributed by atoms with van der Waals surface area (Å²) in [6, 6.07) is 5.79. The molecule has 18 heavy (non-hydrogen) atoms. The molecule has 0 spiro atoms. The SMILES string of the molecule is CC(C)(C)CCCC(=O)c1ccc([N+](=O)[O-])cc1. The number of nitrogens with zero attached hydrogens (tertiary/aromatic N) is 1. The highest BCUT2D eigenvalue weighted by Gasteiger charge is 2.13. The molecule has 0 aliphatic rings. The third-order valence-corrected chi connectivity index (χ3v) is 2.73. The smallest absolute Gasteiger partial charge is 0.269 e. The van der Waals surface area contributed by atoms with Gasteiger partial charge >= 0.3 is 0 Å². The topological polar surface area (TPSA) is 60.2 Å². The predicted octanol–water partition coefficient (Wildman–Crippen LogP) is 3.99. The molecular weight excluding hydrogens is 230 g/mol. The predicted molar refractivity (Wildman–Crippen MR) is 70.7 cm³/mol. The zero-order chi connectivity index (χ0) is 13.8. The summed E-state index contributed by atoms with van der Waals surface area (Å²) >= 11 is 0. The summed E-state index contributed by atoms with van der Waals surface area (Å²) < 4.78 is 0. The van der Waals surface area contributed by atoms with Crippen molar-refractivity contribution < 1.29 is 9.72 Å². The van der Waals surface area contributed by atoms with Crippen molar-refractivity contribution in [2.24, 2.45) is 5.41 Å². The Morgan fingerprint density at radius 1 is 1.22 bits per heavy atom. The van der Waals surface area contributed by atoms with Crippen molar-refractivity contribution in [2.75, 3.05) is 0 Å². The van der Waals surface area contributed by atoms with Crippen molar-refractivity contribution in [1.29, 1.82) is 0 Å². The van der Waals surface area contributed by atoms with Gasteiger partial charge in [-0.05, 0) is 30.4 Å². The van der Waals surface area contributed by atoms with Crippen LogP contribution in [0.25, 0.3) is 0 Å². The second-order valence-corrected chi connectivity index (χ2v) is 5.64. The van der Waals surface area contributed by atoms with Gasteiger partial charge in [0.1, 0.15) is 0 Å². The van der Waals surface area contributed by atoms with Crippen LogP contribution in [0.15, 0.2) is 24.3 Å². The number of Topliss-reactive ketones (excluding diaryl/α,β-unsaturated/α-hetero) is 1. The van der Waals surface area contributed by atoms with Crippen LogP contribution in [-0.4, -0.2) is 10.7 Å². The van der Waals surface area contributed by atoms with Crippen molar-refractivity contribution in [2.45, 2.75) is 40.0 Å². The van der Waals surface area contributed by atoms with E-state index in [-0.39, 0.29) is 16.9 Å². The number of non-ortho nitro benzene ring substituents is 1. The first-order chi connectivity index (χ1) is 8.29. The maximum Gasteiger partial charge on any atom is 0.269 e. The molecule has 1 aromatic carbocycles. The molecule has 0 unspecified atom stereocenters. The van der Waals surface area contributed by atoms with E-state index in [1.54, 1.807) is 0 Å². The van der Waals surface area contributed by atoms with Crippen molar-refractivity contribution in [3.8, 4) is 0 Å². The van der Waals surface area contributed by atoms with Crippen LogP contribution in [0, 0.1) is 15.5 Å². The van der Waals surface area contributed by atoms with Crippen molar-refractivity contribution in [1.82, 2.24) is 0 Å². The van der Waals surface area contributed by atoms with Gasteiger partial charge in [-0.15, -0.1) is 0 Å². The summed E-state index contributed by atoms with van der Waals surface area (Å²) in [4.78, 5) is 21.9. The quantitative estimate of drug-likeness (QED) is 0.450. The Hall–Kier alpha value is -1.71. The van der Waals surface area contributed by atoms with Crippen molar-refractivity contribution in [3.63, 3.8) is 0 Å². The third-order valence-electron chi connectivity index (χ3n) is 2.73. The molecule has 0 bridgehead atoms. The van der Waals surface area contributed by atoms with Gasteiger partial charge in [0.15, 0.2) is 5.78 Å². The zero-order valence-corrected chi connectivity index (χ0v) is 11.1. The molecule has 0 aromatic heterocycles. The van der Waals surface area contributed by atoms with Gasteiger partial charge in [0, 0.05) is 24.1 Å². The molecular formula is C14H19NO3. The van der Waals surface area contributed by atoms with Gasteiger partial charge in [0.05, 0.1) is 4.92 Å². The maximum atomic E-state index is 11.8. The highest BCUT2D eigenvalue weighted by molar-refractivity contribution is 5.96. The second kappa shape index (κ2) is 5.76. The Labute approximate surface area is 107 Å². The van der Waals surface area contributed by atoms with E-state index in [1.165, 1.54) is 24.3 Å². The van der Waals surface area contributed by atoms with Gasteiger partial charge < -0.3 is 0 Å². The van der Waals surface area contributed by atoms with Crippen LogP contribution in [0.3, 0.4) is 0 Å². The van der Waals surface area contributed by atoms with E-state index in [9.17, 15) is 14.9 Å². The molecule has 0 atom stereocenters. The first-order valence-electron chi connectivity index (χ1n) is 6.07.